The molecular weight excluding hydrogens is 308 g/mol. The lowest BCUT2D eigenvalue weighted by Gasteiger charge is -2.13. The molecule has 0 bridgehead atoms. The Morgan fingerprint density at radius 1 is 1.17 bits per heavy atom. The van der Waals surface area contributed by atoms with Crippen molar-refractivity contribution in [2.45, 2.75) is 19.4 Å². The zero-order valence-electron chi connectivity index (χ0n) is 13.0. The van der Waals surface area contributed by atoms with Crippen LogP contribution in [-0.2, 0) is 11.3 Å². The Morgan fingerprint density at radius 2 is 1.96 bits per heavy atom. The molecule has 1 aliphatic rings. The van der Waals surface area contributed by atoms with E-state index in [1.165, 1.54) is 0 Å². The molecule has 3 aromatic rings. The third kappa shape index (κ3) is 2.58. The first-order valence-electron chi connectivity index (χ1n) is 7.92. The summed E-state index contributed by atoms with van der Waals surface area (Å²) in [4.78, 5) is 30.3. The lowest BCUT2D eigenvalue weighted by molar-refractivity contribution is -0.131. The second-order valence-electron chi connectivity index (χ2n) is 5.80. The van der Waals surface area contributed by atoms with Crippen LogP contribution in [0, 0.1) is 0 Å². The lowest BCUT2D eigenvalue weighted by Crippen LogP contribution is -2.34. The zero-order chi connectivity index (χ0) is 16.5. The molecule has 1 aliphatic heterocycles. The predicted octanol–water partition coefficient (Wildman–Crippen LogP) is 1.67. The molecule has 2 aromatic heterocycles. The highest BCUT2D eigenvalue weighted by atomic mass is 16.4. The van der Waals surface area contributed by atoms with E-state index in [1.54, 1.807) is 11.1 Å². The molecule has 3 heterocycles. The fourth-order valence-corrected chi connectivity index (χ4v) is 2.99. The van der Waals surface area contributed by atoms with Gasteiger partial charge >= 0.3 is 5.76 Å². The standard InChI is InChI=1S/C17H16N4O3/c22-14(20-9-3-4-10-20)11-21-17(23)24-16(19-21)15-13-6-2-1-5-12(13)7-8-18-15/h1-2,5-8H,3-4,9-11H2. The number of likely N-dealkylation sites (tertiary alicyclic amines) is 1. The number of pyridine rings is 1. The lowest BCUT2D eigenvalue weighted by atomic mass is 10.1. The summed E-state index contributed by atoms with van der Waals surface area (Å²) in [5.74, 6) is -0.626. The SMILES string of the molecule is O=C(Cn1nc(-c2nccc3ccccc23)oc1=O)N1CCCC1. The molecule has 7 nitrogen and oxygen atoms in total. The van der Waals surface area contributed by atoms with Gasteiger partial charge in [0.25, 0.3) is 5.89 Å². The molecule has 0 N–H and O–H groups in total. The van der Waals surface area contributed by atoms with E-state index in [2.05, 4.69) is 10.1 Å². The van der Waals surface area contributed by atoms with Crippen LogP contribution >= 0.6 is 0 Å². The maximum atomic E-state index is 12.2. The maximum absolute atomic E-state index is 12.2. The highest BCUT2D eigenvalue weighted by Crippen LogP contribution is 2.24. The van der Waals surface area contributed by atoms with Crippen molar-refractivity contribution in [2.75, 3.05) is 13.1 Å². The van der Waals surface area contributed by atoms with Crippen molar-refractivity contribution in [3.05, 3.63) is 47.1 Å². The van der Waals surface area contributed by atoms with Gasteiger partial charge in [-0.2, -0.15) is 4.68 Å². The average molecular weight is 324 g/mol. The van der Waals surface area contributed by atoms with E-state index < -0.39 is 5.76 Å². The largest absolute Gasteiger partial charge is 0.437 e. The van der Waals surface area contributed by atoms with Gasteiger partial charge in [-0.25, -0.2) is 4.79 Å². The maximum Gasteiger partial charge on any atom is 0.437 e. The second-order valence-corrected chi connectivity index (χ2v) is 5.80. The second kappa shape index (κ2) is 5.92. The van der Waals surface area contributed by atoms with Crippen molar-refractivity contribution in [1.82, 2.24) is 19.7 Å². The van der Waals surface area contributed by atoms with Gasteiger partial charge in [0.05, 0.1) is 0 Å². The van der Waals surface area contributed by atoms with Gasteiger partial charge in [0.1, 0.15) is 12.2 Å². The first kappa shape index (κ1) is 14.6. The Kier molecular flexibility index (Phi) is 3.60. The molecule has 0 spiro atoms. The van der Waals surface area contributed by atoms with E-state index in [0.717, 1.165) is 41.4 Å². The van der Waals surface area contributed by atoms with Crippen LogP contribution in [0.1, 0.15) is 12.8 Å². The summed E-state index contributed by atoms with van der Waals surface area (Å²) in [6.45, 7) is 1.37. The molecule has 122 valence electrons. The van der Waals surface area contributed by atoms with Crippen LogP contribution in [0.2, 0.25) is 0 Å². The summed E-state index contributed by atoms with van der Waals surface area (Å²) in [5, 5.41) is 6.00. The molecule has 0 atom stereocenters. The van der Waals surface area contributed by atoms with E-state index in [1.807, 2.05) is 30.3 Å². The number of rotatable bonds is 3. The van der Waals surface area contributed by atoms with Crippen molar-refractivity contribution in [1.29, 1.82) is 0 Å². The average Bonchev–Trinajstić information content (AvgIpc) is 3.25. The molecule has 1 fully saturated rings. The third-order valence-corrected chi connectivity index (χ3v) is 4.23. The topological polar surface area (TPSA) is 81.2 Å². The van der Waals surface area contributed by atoms with Crippen molar-refractivity contribution in [3.63, 3.8) is 0 Å². The molecule has 1 saturated heterocycles. The first-order valence-corrected chi connectivity index (χ1v) is 7.92. The number of benzene rings is 1. The molecule has 0 aliphatic carbocycles. The van der Waals surface area contributed by atoms with Gasteiger partial charge in [-0.05, 0) is 24.3 Å². The fourth-order valence-electron chi connectivity index (χ4n) is 2.99. The van der Waals surface area contributed by atoms with Crippen LogP contribution in [0.15, 0.2) is 45.7 Å². The molecule has 24 heavy (non-hydrogen) atoms. The number of aromatic nitrogens is 3. The summed E-state index contributed by atoms with van der Waals surface area (Å²) in [7, 11) is 0. The summed E-state index contributed by atoms with van der Waals surface area (Å²) in [6.07, 6.45) is 3.65. The predicted molar refractivity (Wildman–Crippen MR) is 87.3 cm³/mol. The fraction of sp³-hybridized carbons (Fsp3) is 0.294. The van der Waals surface area contributed by atoms with Gasteiger partial charge < -0.3 is 9.32 Å². The van der Waals surface area contributed by atoms with Crippen LogP contribution in [0.3, 0.4) is 0 Å². The smallest absolute Gasteiger partial charge is 0.386 e. The van der Waals surface area contributed by atoms with Gasteiger partial charge in [0.15, 0.2) is 0 Å². The summed E-state index contributed by atoms with van der Waals surface area (Å²) in [6, 6.07) is 9.54. The Bertz CT molecular complexity index is 948. The molecule has 1 aromatic carbocycles. The number of amides is 1. The summed E-state index contributed by atoms with van der Waals surface area (Å²) in [5.41, 5.74) is 0.498. The third-order valence-electron chi connectivity index (χ3n) is 4.23. The minimum Gasteiger partial charge on any atom is -0.386 e. The highest BCUT2D eigenvalue weighted by Gasteiger charge is 2.21. The minimum atomic E-state index is -0.646. The van der Waals surface area contributed by atoms with E-state index >= 15 is 0 Å². The van der Waals surface area contributed by atoms with E-state index in [-0.39, 0.29) is 18.3 Å². The molecule has 7 heteroatoms. The summed E-state index contributed by atoms with van der Waals surface area (Å²) >= 11 is 0. The quantitative estimate of drug-likeness (QED) is 0.732. The molecule has 0 unspecified atom stereocenters. The normalized spacial score (nSPS) is 14.4. The monoisotopic (exact) mass is 324 g/mol. The number of hydrogen-bond acceptors (Lipinski definition) is 5. The van der Waals surface area contributed by atoms with Gasteiger partial charge in [-0.3, -0.25) is 9.78 Å². The Labute approximate surface area is 137 Å². The van der Waals surface area contributed by atoms with Crippen molar-refractivity contribution >= 4 is 16.7 Å². The molecule has 0 radical (unpaired) electrons. The van der Waals surface area contributed by atoms with Gasteiger partial charge in [-0.1, -0.05) is 24.3 Å². The molecule has 4 rings (SSSR count). The Balaban J connectivity index is 1.68. The van der Waals surface area contributed by atoms with Crippen molar-refractivity contribution in [3.8, 4) is 11.6 Å². The molecule has 1 amide bonds. The number of fused-ring (bicyclic) bond motifs is 1. The summed E-state index contributed by atoms with van der Waals surface area (Å²) < 4.78 is 6.30. The van der Waals surface area contributed by atoms with Crippen LogP contribution in [0.25, 0.3) is 22.4 Å². The van der Waals surface area contributed by atoms with E-state index in [4.69, 9.17) is 4.42 Å². The van der Waals surface area contributed by atoms with Crippen LogP contribution in [0.5, 0.6) is 0 Å². The zero-order valence-corrected chi connectivity index (χ0v) is 13.0. The van der Waals surface area contributed by atoms with Crippen LogP contribution in [0.4, 0.5) is 0 Å². The number of hydrogen-bond donors (Lipinski definition) is 0. The van der Waals surface area contributed by atoms with Crippen LogP contribution in [-0.4, -0.2) is 38.7 Å². The van der Waals surface area contributed by atoms with E-state index in [0.29, 0.717) is 5.69 Å². The van der Waals surface area contributed by atoms with Gasteiger partial charge in [0.2, 0.25) is 5.91 Å². The minimum absolute atomic E-state index is 0.104. The highest BCUT2D eigenvalue weighted by molar-refractivity contribution is 5.92. The number of nitrogens with zero attached hydrogens (tertiary/aromatic N) is 4. The first-order chi connectivity index (χ1) is 11.7. The van der Waals surface area contributed by atoms with E-state index in [9.17, 15) is 9.59 Å². The van der Waals surface area contributed by atoms with Gasteiger partial charge in [0, 0.05) is 24.7 Å². The Morgan fingerprint density at radius 3 is 2.79 bits per heavy atom. The number of carbonyl (C=O) groups excluding carboxylic acids is 1. The molecule has 0 saturated carbocycles. The van der Waals surface area contributed by atoms with Crippen LogP contribution < -0.4 is 5.76 Å². The number of carbonyl (C=O) groups is 1. The van der Waals surface area contributed by atoms with Crippen molar-refractivity contribution in [2.24, 2.45) is 0 Å². The molecular formula is C17H16N4O3. The van der Waals surface area contributed by atoms with Crippen molar-refractivity contribution < 1.29 is 9.21 Å². The Hall–Kier alpha value is -2.96. The van der Waals surface area contributed by atoms with Gasteiger partial charge in [-0.15, -0.1) is 5.10 Å².